The molecule has 1 aromatic heterocycles. The molecule has 6 rings (SSSR count). The van der Waals surface area contributed by atoms with Crippen molar-refractivity contribution in [1.29, 1.82) is 5.26 Å². The Balaban J connectivity index is 1.30. The fourth-order valence-electron chi connectivity index (χ4n) is 6.62. The lowest BCUT2D eigenvalue weighted by molar-refractivity contribution is -0.114. The van der Waals surface area contributed by atoms with E-state index in [0.29, 0.717) is 18.4 Å². The first-order valence-electron chi connectivity index (χ1n) is 17.4. The second-order valence-corrected chi connectivity index (χ2v) is 12.8. The van der Waals surface area contributed by atoms with Gasteiger partial charge in [-0.05, 0) is 41.3 Å². The van der Waals surface area contributed by atoms with E-state index in [9.17, 15) is 14.9 Å². The summed E-state index contributed by atoms with van der Waals surface area (Å²) in [6.45, 7) is 2.01. The third-order valence-electron chi connectivity index (χ3n) is 9.32. The quantitative estimate of drug-likeness (QED) is 0.110. The van der Waals surface area contributed by atoms with Crippen LogP contribution in [0.2, 0.25) is 0 Å². The zero-order valence-corrected chi connectivity index (χ0v) is 29.4. The van der Waals surface area contributed by atoms with Gasteiger partial charge in [0.15, 0.2) is 0 Å². The number of hydrogen-bond acceptors (Lipinski definition) is 8. The van der Waals surface area contributed by atoms with Crippen LogP contribution in [0.15, 0.2) is 131 Å². The summed E-state index contributed by atoms with van der Waals surface area (Å²) >= 11 is 0. The molecule has 268 valence electrons. The number of aryl methyl sites for hydroxylation is 1. The van der Waals surface area contributed by atoms with Gasteiger partial charge in [-0.1, -0.05) is 103 Å². The average molecular weight is 702 g/mol. The third kappa shape index (κ3) is 8.41. The summed E-state index contributed by atoms with van der Waals surface area (Å²) in [5.74, 6) is 0.761. The molecule has 5 aromatic rings. The number of nitrogens with zero attached hydrogens (tertiary/aromatic N) is 3. The Morgan fingerprint density at radius 1 is 0.865 bits per heavy atom. The van der Waals surface area contributed by atoms with Crippen LogP contribution >= 0.6 is 0 Å². The Morgan fingerprint density at radius 3 is 2.12 bits per heavy atom. The maximum Gasteiger partial charge on any atom is 0.335 e. The number of hydrogen-bond donors (Lipinski definition) is 0. The lowest BCUT2D eigenvalue weighted by atomic mass is 9.81. The molecular formula is C42H43N3O7. The highest BCUT2D eigenvalue weighted by atomic mass is 16.6. The molecule has 1 saturated heterocycles. The second-order valence-electron chi connectivity index (χ2n) is 12.8. The lowest BCUT2D eigenvalue weighted by Crippen LogP contribution is -2.42. The van der Waals surface area contributed by atoms with Gasteiger partial charge >= 0.3 is 5.69 Å². The molecule has 0 unspecified atom stereocenters. The Morgan fingerprint density at radius 2 is 1.50 bits per heavy atom. The fraction of sp³-hybridized carbons (Fsp3) is 0.310. The molecule has 1 aliphatic rings. The minimum absolute atomic E-state index is 0.112. The second kappa shape index (κ2) is 17.3. The van der Waals surface area contributed by atoms with E-state index in [0.717, 1.165) is 32.6 Å². The largest absolute Gasteiger partial charge is 0.497 e. The highest BCUT2D eigenvalue weighted by molar-refractivity contribution is 5.40. The number of ether oxygens (including phenoxy) is 5. The van der Waals surface area contributed by atoms with E-state index in [1.54, 1.807) is 14.0 Å². The van der Waals surface area contributed by atoms with Crippen LogP contribution in [0.25, 0.3) is 0 Å². The Labute approximate surface area is 303 Å². The highest BCUT2D eigenvalue weighted by Crippen LogP contribution is 2.39. The van der Waals surface area contributed by atoms with Crippen molar-refractivity contribution < 1.29 is 23.7 Å². The standard InChI is InChI=1S/C42H43N3O7/c1-31-27-44(41(47)45(40(31)46)30-49-28-33-13-6-3-7-14-33)39-25-37(50-24-12-23-43)38(52-39)29-51-42(34-15-8-4-9-16-34,35-17-10-5-11-18-35)26-32-19-21-36(48-2)22-20-32/h3-11,13-22,27,37-39H,12,24-26,28-30H2,1-2H3/t37-,38+,39+/m0/s1. The van der Waals surface area contributed by atoms with Gasteiger partial charge in [-0.15, -0.1) is 0 Å². The summed E-state index contributed by atoms with van der Waals surface area (Å²) in [4.78, 5) is 26.9. The van der Waals surface area contributed by atoms with Crippen LogP contribution < -0.4 is 16.0 Å². The molecule has 0 aliphatic carbocycles. The molecule has 2 heterocycles. The molecular weight excluding hydrogens is 658 g/mol. The van der Waals surface area contributed by atoms with Crippen molar-refractivity contribution in [1.82, 2.24) is 9.13 Å². The number of nitriles is 1. The van der Waals surface area contributed by atoms with Crippen LogP contribution in [0.3, 0.4) is 0 Å². The molecule has 1 fully saturated rings. The molecule has 10 nitrogen and oxygen atoms in total. The van der Waals surface area contributed by atoms with Crippen molar-refractivity contribution in [3.05, 3.63) is 170 Å². The Kier molecular flexibility index (Phi) is 12.1. The normalized spacial score (nSPS) is 17.1. The van der Waals surface area contributed by atoms with Gasteiger partial charge in [0.1, 0.15) is 30.4 Å². The van der Waals surface area contributed by atoms with Gasteiger partial charge in [-0.2, -0.15) is 5.26 Å². The van der Waals surface area contributed by atoms with Crippen molar-refractivity contribution in [2.75, 3.05) is 20.3 Å². The number of methoxy groups -OCH3 is 1. The monoisotopic (exact) mass is 701 g/mol. The number of benzene rings is 4. The zero-order chi connectivity index (χ0) is 36.3. The minimum atomic E-state index is -0.924. The van der Waals surface area contributed by atoms with Crippen LogP contribution in [0.4, 0.5) is 0 Å². The predicted molar refractivity (Wildman–Crippen MR) is 196 cm³/mol. The first-order chi connectivity index (χ1) is 25.4. The van der Waals surface area contributed by atoms with Crippen LogP contribution in [0.5, 0.6) is 5.75 Å². The highest BCUT2D eigenvalue weighted by Gasteiger charge is 2.42. The summed E-state index contributed by atoms with van der Waals surface area (Å²) in [6, 6.07) is 39.8. The van der Waals surface area contributed by atoms with Gasteiger partial charge in [-0.3, -0.25) is 9.36 Å². The molecule has 52 heavy (non-hydrogen) atoms. The van der Waals surface area contributed by atoms with E-state index in [2.05, 4.69) is 30.3 Å². The van der Waals surface area contributed by atoms with Crippen LogP contribution in [-0.4, -0.2) is 41.7 Å². The first kappa shape index (κ1) is 36.5. The van der Waals surface area contributed by atoms with E-state index < -0.39 is 35.3 Å². The molecule has 0 amide bonds. The summed E-state index contributed by atoms with van der Waals surface area (Å²) in [5.41, 5.74) is 2.37. The van der Waals surface area contributed by atoms with E-state index in [1.165, 1.54) is 10.8 Å². The van der Waals surface area contributed by atoms with Crippen LogP contribution in [-0.2, 0) is 44.3 Å². The third-order valence-corrected chi connectivity index (χ3v) is 9.32. The Bertz CT molecular complexity index is 2000. The maximum absolute atomic E-state index is 13.8. The average Bonchev–Trinajstić information content (AvgIpc) is 3.60. The molecule has 4 aromatic carbocycles. The van der Waals surface area contributed by atoms with Gasteiger partial charge in [0, 0.05) is 24.6 Å². The summed E-state index contributed by atoms with van der Waals surface area (Å²) in [6.07, 6.45) is 0.696. The van der Waals surface area contributed by atoms with Crippen molar-refractivity contribution in [2.45, 2.75) is 63.6 Å². The Hall–Kier alpha value is -5.31. The lowest BCUT2D eigenvalue weighted by Gasteiger charge is -2.37. The van der Waals surface area contributed by atoms with Gasteiger partial charge < -0.3 is 23.7 Å². The molecule has 0 spiro atoms. The van der Waals surface area contributed by atoms with E-state index in [-0.39, 0.29) is 33.0 Å². The SMILES string of the molecule is COc1ccc(CC(OC[C@H]2O[C@@H](n3cc(C)c(=O)n(COCc4ccccc4)c3=O)C[C@@H]2OCCC#N)(c2ccccc2)c2ccccc2)cc1. The van der Waals surface area contributed by atoms with Gasteiger partial charge in [-0.25, -0.2) is 9.36 Å². The van der Waals surface area contributed by atoms with E-state index >= 15 is 0 Å². The summed E-state index contributed by atoms with van der Waals surface area (Å²) in [5, 5.41) is 9.25. The molecule has 0 radical (unpaired) electrons. The van der Waals surface area contributed by atoms with Crippen molar-refractivity contribution >= 4 is 0 Å². The van der Waals surface area contributed by atoms with E-state index in [1.807, 2.05) is 91.0 Å². The fourth-order valence-corrected chi connectivity index (χ4v) is 6.62. The smallest absolute Gasteiger partial charge is 0.335 e. The number of rotatable bonds is 16. The van der Waals surface area contributed by atoms with Crippen molar-refractivity contribution in [2.24, 2.45) is 0 Å². The molecule has 0 N–H and O–H groups in total. The predicted octanol–water partition coefficient (Wildman–Crippen LogP) is 6.29. The van der Waals surface area contributed by atoms with Crippen molar-refractivity contribution in [3.63, 3.8) is 0 Å². The zero-order valence-electron chi connectivity index (χ0n) is 29.4. The molecule has 10 heteroatoms. The van der Waals surface area contributed by atoms with Gasteiger partial charge in [0.25, 0.3) is 5.56 Å². The first-order valence-corrected chi connectivity index (χ1v) is 17.4. The maximum atomic E-state index is 13.8. The number of aromatic nitrogens is 2. The van der Waals surface area contributed by atoms with E-state index in [4.69, 9.17) is 23.7 Å². The van der Waals surface area contributed by atoms with Crippen LogP contribution in [0, 0.1) is 18.3 Å². The topological polar surface area (TPSA) is 114 Å². The molecule has 1 aliphatic heterocycles. The summed E-state index contributed by atoms with van der Waals surface area (Å²) in [7, 11) is 1.64. The molecule has 0 bridgehead atoms. The summed E-state index contributed by atoms with van der Waals surface area (Å²) < 4.78 is 33.6. The molecule has 3 atom stereocenters. The van der Waals surface area contributed by atoms with Gasteiger partial charge in [0.05, 0.1) is 45.5 Å². The van der Waals surface area contributed by atoms with Crippen molar-refractivity contribution in [3.8, 4) is 11.8 Å². The molecule has 0 saturated carbocycles. The van der Waals surface area contributed by atoms with Crippen LogP contribution in [0.1, 0.15) is 46.9 Å². The van der Waals surface area contributed by atoms with Gasteiger partial charge in [0.2, 0.25) is 0 Å². The minimum Gasteiger partial charge on any atom is -0.497 e.